The Hall–Kier alpha value is -1.62. The second-order valence-corrected chi connectivity index (χ2v) is 5.56. The van der Waals surface area contributed by atoms with Crippen LogP contribution in [0.2, 0.25) is 0 Å². The Morgan fingerprint density at radius 1 is 1.32 bits per heavy atom. The molecule has 0 unspecified atom stereocenters. The van der Waals surface area contributed by atoms with Crippen LogP contribution in [0.1, 0.15) is 19.5 Å². The molecule has 5 heteroatoms. The lowest BCUT2D eigenvalue weighted by atomic mass is 10.1. The molecule has 1 heterocycles. The van der Waals surface area contributed by atoms with Crippen LogP contribution >= 0.6 is 15.9 Å². The molecule has 0 aliphatic heterocycles. The zero-order chi connectivity index (χ0) is 13.8. The molecule has 2 aromatic rings. The number of hydrogen-bond donors (Lipinski definition) is 2. The molecule has 0 amide bonds. The fraction of sp³-hybridized carbons (Fsp3) is 0.286. The smallest absolute Gasteiger partial charge is 0.266 e. The van der Waals surface area contributed by atoms with Gasteiger partial charge in [0.2, 0.25) is 5.95 Å². The van der Waals surface area contributed by atoms with Crippen LogP contribution in [0.4, 0.5) is 11.6 Å². The van der Waals surface area contributed by atoms with Crippen molar-refractivity contribution in [1.29, 1.82) is 0 Å². The van der Waals surface area contributed by atoms with E-state index in [4.69, 9.17) is 0 Å². The minimum atomic E-state index is -0.163. The van der Waals surface area contributed by atoms with Crippen molar-refractivity contribution < 1.29 is 0 Å². The van der Waals surface area contributed by atoms with Crippen LogP contribution in [0.3, 0.4) is 0 Å². The molecule has 0 bridgehead atoms. The number of anilines is 2. The van der Waals surface area contributed by atoms with E-state index < -0.39 is 0 Å². The van der Waals surface area contributed by atoms with Crippen LogP contribution in [0, 0.1) is 5.92 Å². The van der Waals surface area contributed by atoms with Crippen molar-refractivity contribution in [3.8, 4) is 0 Å². The van der Waals surface area contributed by atoms with Crippen molar-refractivity contribution in [3.05, 3.63) is 50.9 Å². The van der Waals surface area contributed by atoms with Crippen LogP contribution in [-0.2, 0) is 6.42 Å². The first-order chi connectivity index (χ1) is 9.06. The summed E-state index contributed by atoms with van der Waals surface area (Å²) in [6.45, 7) is 4.19. The molecule has 0 fully saturated rings. The number of rotatable bonds is 4. The lowest BCUT2D eigenvalue weighted by Gasteiger charge is -2.10. The van der Waals surface area contributed by atoms with E-state index in [1.165, 1.54) is 0 Å². The Kier molecular flexibility index (Phi) is 4.37. The molecule has 100 valence electrons. The lowest BCUT2D eigenvalue weighted by Crippen LogP contribution is -2.16. The molecule has 0 spiro atoms. The average Bonchev–Trinajstić information content (AvgIpc) is 2.36. The molecule has 19 heavy (non-hydrogen) atoms. The molecule has 2 rings (SSSR count). The van der Waals surface area contributed by atoms with Crippen LogP contribution in [-0.4, -0.2) is 9.97 Å². The van der Waals surface area contributed by atoms with Gasteiger partial charge in [0, 0.05) is 5.69 Å². The zero-order valence-electron chi connectivity index (χ0n) is 10.9. The Labute approximate surface area is 120 Å². The molecule has 2 N–H and O–H groups in total. The number of H-pyrrole nitrogens is 1. The van der Waals surface area contributed by atoms with E-state index in [0.717, 1.165) is 17.8 Å². The molecule has 0 radical (unpaired) electrons. The third-order valence-corrected chi connectivity index (χ3v) is 3.39. The normalized spacial score (nSPS) is 10.7. The van der Waals surface area contributed by atoms with Gasteiger partial charge in [0.25, 0.3) is 5.56 Å². The van der Waals surface area contributed by atoms with E-state index in [2.05, 4.69) is 45.1 Å². The first kappa shape index (κ1) is 13.8. The van der Waals surface area contributed by atoms with Gasteiger partial charge in [0.05, 0.1) is 5.69 Å². The summed E-state index contributed by atoms with van der Waals surface area (Å²) in [5.74, 6) is 0.908. The summed E-state index contributed by atoms with van der Waals surface area (Å²) >= 11 is 3.29. The summed E-state index contributed by atoms with van der Waals surface area (Å²) in [4.78, 5) is 19.0. The maximum Gasteiger partial charge on any atom is 0.266 e. The summed E-state index contributed by atoms with van der Waals surface area (Å²) in [5.41, 5.74) is 1.50. The summed E-state index contributed by atoms with van der Waals surface area (Å²) in [5, 5.41) is 3.10. The van der Waals surface area contributed by atoms with E-state index in [1.807, 2.05) is 30.3 Å². The Bertz CT molecular complexity index is 608. The number of aromatic nitrogens is 2. The van der Waals surface area contributed by atoms with Crippen LogP contribution in [0.15, 0.2) is 39.6 Å². The maximum absolute atomic E-state index is 11.8. The number of halogens is 1. The molecular weight excluding hydrogens is 306 g/mol. The van der Waals surface area contributed by atoms with Gasteiger partial charge in [-0.1, -0.05) is 32.0 Å². The van der Waals surface area contributed by atoms with E-state index in [9.17, 15) is 4.79 Å². The quantitative estimate of drug-likeness (QED) is 0.906. The van der Waals surface area contributed by atoms with Gasteiger partial charge in [0.1, 0.15) is 4.47 Å². The molecule has 4 nitrogen and oxygen atoms in total. The highest BCUT2D eigenvalue weighted by Crippen LogP contribution is 2.17. The van der Waals surface area contributed by atoms with Gasteiger partial charge in [-0.2, -0.15) is 0 Å². The number of para-hydroxylation sites is 1. The van der Waals surface area contributed by atoms with Crippen molar-refractivity contribution in [1.82, 2.24) is 9.97 Å². The predicted octanol–water partition coefficient (Wildman–Crippen LogP) is 3.47. The highest BCUT2D eigenvalue weighted by molar-refractivity contribution is 9.10. The van der Waals surface area contributed by atoms with Crippen molar-refractivity contribution >= 4 is 27.6 Å². The molecular formula is C14H16BrN3O. The van der Waals surface area contributed by atoms with Crippen molar-refractivity contribution in [2.45, 2.75) is 20.3 Å². The molecule has 1 aromatic heterocycles. The molecule has 0 atom stereocenters. The van der Waals surface area contributed by atoms with Gasteiger partial charge in [-0.3, -0.25) is 9.78 Å². The summed E-state index contributed by atoms with van der Waals surface area (Å²) in [6.07, 6.45) is 0.758. The highest BCUT2D eigenvalue weighted by atomic mass is 79.9. The fourth-order valence-electron chi connectivity index (χ4n) is 1.74. The van der Waals surface area contributed by atoms with Gasteiger partial charge in [-0.05, 0) is 40.4 Å². The number of nitrogens with one attached hydrogen (secondary N) is 2. The lowest BCUT2D eigenvalue weighted by molar-refractivity contribution is 0.631. The molecule has 0 saturated carbocycles. The third kappa shape index (κ3) is 3.67. The number of hydrogen-bond acceptors (Lipinski definition) is 3. The highest BCUT2D eigenvalue weighted by Gasteiger charge is 2.10. The minimum absolute atomic E-state index is 0.163. The van der Waals surface area contributed by atoms with Gasteiger partial charge in [0.15, 0.2) is 0 Å². The topological polar surface area (TPSA) is 57.8 Å². The predicted molar refractivity (Wildman–Crippen MR) is 80.8 cm³/mol. The molecule has 1 aromatic carbocycles. The summed E-state index contributed by atoms with van der Waals surface area (Å²) in [6, 6.07) is 9.63. The Morgan fingerprint density at radius 2 is 2.00 bits per heavy atom. The van der Waals surface area contributed by atoms with Crippen LogP contribution < -0.4 is 10.9 Å². The van der Waals surface area contributed by atoms with E-state index in [0.29, 0.717) is 16.3 Å². The molecule has 0 aliphatic carbocycles. The average molecular weight is 322 g/mol. The summed E-state index contributed by atoms with van der Waals surface area (Å²) in [7, 11) is 0. The first-order valence-electron chi connectivity index (χ1n) is 6.17. The van der Waals surface area contributed by atoms with E-state index >= 15 is 0 Å². The molecule has 0 saturated heterocycles. The third-order valence-electron chi connectivity index (χ3n) is 2.57. The van der Waals surface area contributed by atoms with Crippen molar-refractivity contribution in [2.24, 2.45) is 5.92 Å². The molecule has 0 aliphatic rings. The SMILES string of the molecule is CC(C)Cc1nc(Nc2ccccc2)[nH]c(=O)c1Br. The van der Waals surface area contributed by atoms with Crippen LogP contribution in [0.25, 0.3) is 0 Å². The standard InChI is InChI=1S/C14H16BrN3O/c1-9(2)8-11-12(15)13(19)18-14(17-11)16-10-6-4-3-5-7-10/h3-7,9H,8H2,1-2H3,(H2,16,17,18,19). The van der Waals surface area contributed by atoms with Gasteiger partial charge in [-0.25, -0.2) is 4.98 Å². The summed E-state index contributed by atoms with van der Waals surface area (Å²) < 4.78 is 0.514. The van der Waals surface area contributed by atoms with E-state index in [-0.39, 0.29) is 5.56 Å². The monoisotopic (exact) mass is 321 g/mol. The minimum Gasteiger partial charge on any atom is -0.326 e. The fourth-order valence-corrected chi connectivity index (χ4v) is 2.09. The van der Waals surface area contributed by atoms with Crippen LogP contribution in [0.5, 0.6) is 0 Å². The maximum atomic E-state index is 11.8. The number of benzene rings is 1. The van der Waals surface area contributed by atoms with Gasteiger partial charge in [-0.15, -0.1) is 0 Å². The second kappa shape index (κ2) is 6.02. The largest absolute Gasteiger partial charge is 0.326 e. The van der Waals surface area contributed by atoms with E-state index in [1.54, 1.807) is 0 Å². The Morgan fingerprint density at radius 3 is 2.63 bits per heavy atom. The number of aromatic amines is 1. The van der Waals surface area contributed by atoms with Gasteiger partial charge < -0.3 is 5.32 Å². The first-order valence-corrected chi connectivity index (χ1v) is 6.96. The second-order valence-electron chi connectivity index (χ2n) is 4.76. The number of nitrogens with zero attached hydrogens (tertiary/aromatic N) is 1. The van der Waals surface area contributed by atoms with Gasteiger partial charge >= 0.3 is 0 Å². The van der Waals surface area contributed by atoms with Crippen molar-refractivity contribution in [2.75, 3.05) is 5.32 Å². The van der Waals surface area contributed by atoms with Crippen molar-refractivity contribution in [3.63, 3.8) is 0 Å². The zero-order valence-corrected chi connectivity index (χ0v) is 12.5. The Balaban J connectivity index is 2.32.